The van der Waals surface area contributed by atoms with E-state index < -0.39 is 0 Å². The summed E-state index contributed by atoms with van der Waals surface area (Å²) in [6, 6.07) is 4.74. The number of hydrogen-bond donors (Lipinski definition) is 1. The second-order valence-electron chi connectivity index (χ2n) is 4.91. The van der Waals surface area contributed by atoms with Crippen molar-refractivity contribution < 1.29 is 9.13 Å². The lowest BCUT2D eigenvalue weighted by molar-refractivity contribution is 0.103. The molecule has 0 aliphatic heterocycles. The standard InChI is InChI=1S/C14H22FNO/c1-6-14(3,4)17-13-8-7-11(15)9-12(13)10(2)16-5/h7-10,16H,6H2,1-5H3. The zero-order valence-electron chi connectivity index (χ0n) is 11.3. The van der Waals surface area contributed by atoms with Gasteiger partial charge < -0.3 is 10.1 Å². The van der Waals surface area contributed by atoms with Gasteiger partial charge in [0.25, 0.3) is 0 Å². The van der Waals surface area contributed by atoms with Crippen LogP contribution < -0.4 is 10.1 Å². The van der Waals surface area contributed by atoms with Gasteiger partial charge in [0.1, 0.15) is 17.2 Å². The van der Waals surface area contributed by atoms with Crippen molar-refractivity contribution >= 4 is 0 Å². The molecule has 2 nitrogen and oxygen atoms in total. The summed E-state index contributed by atoms with van der Waals surface area (Å²) < 4.78 is 19.2. The van der Waals surface area contributed by atoms with Crippen molar-refractivity contribution in [3.8, 4) is 5.75 Å². The number of benzene rings is 1. The topological polar surface area (TPSA) is 21.3 Å². The normalized spacial score (nSPS) is 13.5. The molecule has 17 heavy (non-hydrogen) atoms. The maximum absolute atomic E-state index is 13.3. The summed E-state index contributed by atoms with van der Waals surface area (Å²) in [6.07, 6.45) is 0.901. The molecule has 0 aliphatic carbocycles. The number of ether oxygens (including phenoxy) is 1. The molecular weight excluding hydrogens is 217 g/mol. The molecule has 0 aromatic heterocycles. The van der Waals surface area contributed by atoms with Gasteiger partial charge in [-0.05, 0) is 52.4 Å². The Morgan fingerprint density at radius 3 is 2.59 bits per heavy atom. The minimum absolute atomic E-state index is 0.0633. The summed E-state index contributed by atoms with van der Waals surface area (Å²) >= 11 is 0. The largest absolute Gasteiger partial charge is 0.488 e. The molecule has 1 aromatic carbocycles. The van der Waals surface area contributed by atoms with Crippen LogP contribution in [0.5, 0.6) is 5.75 Å². The third-order valence-corrected chi connectivity index (χ3v) is 3.11. The molecule has 0 saturated carbocycles. The van der Waals surface area contributed by atoms with Crippen molar-refractivity contribution in [2.45, 2.75) is 45.8 Å². The molecule has 0 amide bonds. The second-order valence-corrected chi connectivity index (χ2v) is 4.91. The first-order chi connectivity index (χ1) is 7.89. The summed E-state index contributed by atoms with van der Waals surface area (Å²) in [7, 11) is 1.85. The number of hydrogen-bond acceptors (Lipinski definition) is 2. The molecule has 1 atom stereocenters. The monoisotopic (exact) mass is 239 g/mol. The Morgan fingerprint density at radius 2 is 2.06 bits per heavy atom. The van der Waals surface area contributed by atoms with Gasteiger partial charge in [-0.2, -0.15) is 0 Å². The van der Waals surface area contributed by atoms with Crippen LogP contribution in [0.1, 0.15) is 45.7 Å². The van der Waals surface area contributed by atoms with Crippen molar-refractivity contribution in [2.75, 3.05) is 7.05 Å². The molecule has 0 aliphatic rings. The van der Waals surface area contributed by atoms with Crippen LogP contribution in [-0.4, -0.2) is 12.6 Å². The van der Waals surface area contributed by atoms with Gasteiger partial charge in [-0.25, -0.2) is 4.39 Å². The molecular formula is C14H22FNO. The maximum atomic E-state index is 13.3. The minimum Gasteiger partial charge on any atom is -0.488 e. The Morgan fingerprint density at radius 1 is 1.41 bits per heavy atom. The fraction of sp³-hybridized carbons (Fsp3) is 0.571. The van der Waals surface area contributed by atoms with E-state index in [1.807, 2.05) is 27.8 Å². The van der Waals surface area contributed by atoms with Gasteiger partial charge in [-0.3, -0.25) is 0 Å². The van der Waals surface area contributed by atoms with E-state index in [-0.39, 0.29) is 17.5 Å². The molecule has 0 fully saturated rings. The Kier molecular flexibility index (Phi) is 4.52. The van der Waals surface area contributed by atoms with Gasteiger partial charge >= 0.3 is 0 Å². The minimum atomic E-state index is -0.236. The molecule has 0 radical (unpaired) electrons. The smallest absolute Gasteiger partial charge is 0.125 e. The van der Waals surface area contributed by atoms with E-state index in [0.717, 1.165) is 17.7 Å². The molecule has 1 aromatic rings. The van der Waals surface area contributed by atoms with E-state index >= 15 is 0 Å². The first-order valence-electron chi connectivity index (χ1n) is 6.05. The molecule has 0 bridgehead atoms. The Hall–Kier alpha value is -1.09. The first-order valence-corrected chi connectivity index (χ1v) is 6.05. The van der Waals surface area contributed by atoms with Crippen LogP contribution in [0.15, 0.2) is 18.2 Å². The highest BCUT2D eigenvalue weighted by molar-refractivity contribution is 5.36. The maximum Gasteiger partial charge on any atom is 0.125 e. The van der Waals surface area contributed by atoms with Gasteiger partial charge in [0.05, 0.1) is 0 Å². The fourth-order valence-electron chi connectivity index (χ4n) is 1.48. The summed E-state index contributed by atoms with van der Waals surface area (Å²) in [5.41, 5.74) is 0.620. The first kappa shape index (κ1) is 14.0. The molecule has 1 N–H and O–H groups in total. The lowest BCUT2D eigenvalue weighted by Gasteiger charge is -2.27. The van der Waals surface area contributed by atoms with Crippen LogP contribution in [0.3, 0.4) is 0 Å². The van der Waals surface area contributed by atoms with E-state index in [9.17, 15) is 4.39 Å². The van der Waals surface area contributed by atoms with Crippen LogP contribution >= 0.6 is 0 Å². The average molecular weight is 239 g/mol. The molecule has 0 spiro atoms. The molecule has 96 valence electrons. The zero-order chi connectivity index (χ0) is 13.1. The van der Waals surface area contributed by atoms with Crippen molar-refractivity contribution in [2.24, 2.45) is 0 Å². The number of nitrogens with one attached hydrogen (secondary N) is 1. The lowest BCUT2D eigenvalue weighted by Crippen LogP contribution is -2.28. The molecule has 1 rings (SSSR count). The van der Waals surface area contributed by atoms with E-state index in [2.05, 4.69) is 12.2 Å². The summed E-state index contributed by atoms with van der Waals surface area (Å²) in [4.78, 5) is 0. The van der Waals surface area contributed by atoms with Gasteiger partial charge in [0.2, 0.25) is 0 Å². The van der Waals surface area contributed by atoms with E-state index in [0.29, 0.717) is 0 Å². The fourth-order valence-corrected chi connectivity index (χ4v) is 1.48. The Balaban J connectivity index is 3.06. The van der Waals surface area contributed by atoms with Crippen molar-refractivity contribution in [3.05, 3.63) is 29.6 Å². The third-order valence-electron chi connectivity index (χ3n) is 3.11. The van der Waals surface area contributed by atoms with Crippen LogP contribution in [0, 0.1) is 5.82 Å². The zero-order valence-corrected chi connectivity index (χ0v) is 11.3. The Labute approximate surface area is 103 Å². The summed E-state index contributed by atoms with van der Waals surface area (Å²) in [5, 5.41) is 3.11. The van der Waals surface area contributed by atoms with Crippen molar-refractivity contribution in [1.29, 1.82) is 0 Å². The molecule has 1 unspecified atom stereocenters. The summed E-state index contributed by atoms with van der Waals surface area (Å²) in [5.74, 6) is 0.517. The average Bonchev–Trinajstić information content (AvgIpc) is 2.30. The number of rotatable bonds is 5. The molecule has 0 saturated heterocycles. The highest BCUT2D eigenvalue weighted by Crippen LogP contribution is 2.29. The van der Waals surface area contributed by atoms with Gasteiger partial charge in [0, 0.05) is 11.6 Å². The second kappa shape index (κ2) is 5.50. The third kappa shape index (κ3) is 3.70. The van der Waals surface area contributed by atoms with Gasteiger partial charge in [-0.15, -0.1) is 0 Å². The highest BCUT2D eigenvalue weighted by Gasteiger charge is 2.20. The quantitative estimate of drug-likeness (QED) is 0.846. The number of halogens is 1. The van der Waals surface area contributed by atoms with Crippen LogP contribution in [0.25, 0.3) is 0 Å². The molecule has 3 heteroatoms. The highest BCUT2D eigenvalue weighted by atomic mass is 19.1. The van der Waals surface area contributed by atoms with E-state index in [1.54, 1.807) is 6.07 Å². The van der Waals surface area contributed by atoms with Crippen molar-refractivity contribution in [1.82, 2.24) is 5.32 Å². The lowest BCUT2D eigenvalue weighted by atomic mass is 10.0. The van der Waals surface area contributed by atoms with E-state index in [1.165, 1.54) is 12.1 Å². The van der Waals surface area contributed by atoms with Gasteiger partial charge in [0.15, 0.2) is 0 Å². The van der Waals surface area contributed by atoms with Crippen molar-refractivity contribution in [3.63, 3.8) is 0 Å². The predicted octanol–water partition coefficient (Wildman–Crippen LogP) is 3.67. The Bertz CT molecular complexity index is 376. The van der Waals surface area contributed by atoms with Crippen LogP contribution in [-0.2, 0) is 0 Å². The summed E-state index contributed by atoms with van der Waals surface area (Å²) in [6.45, 7) is 8.12. The predicted molar refractivity (Wildman–Crippen MR) is 68.9 cm³/mol. The SMILES string of the molecule is CCC(C)(C)Oc1ccc(F)cc1C(C)NC. The van der Waals surface area contributed by atoms with E-state index in [4.69, 9.17) is 4.74 Å². The van der Waals surface area contributed by atoms with Crippen LogP contribution in [0.4, 0.5) is 4.39 Å². The molecule has 0 heterocycles. The van der Waals surface area contributed by atoms with Gasteiger partial charge in [-0.1, -0.05) is 6.92 Å². The van der Waals surface area contributed by atoms with Crippen LogP contribution in [0.2, 0.25) is 0 Å².